The quantitative estimate of drug-likeness (QED) is 0.142. The zero-order chi connectivity index (χ0) is 32.4. The van der Waals surface area contributed by atoms with E-state index in [0.717, 1.165) is 53.1 Å². The molecule has 8 rings (SSSR count). The minimum Gasteiger partial charge on any atom is -0.250 e. The van der Waals surface area contributed by atoms with Gasteiger partial charge in [-0.3, -0.25) is 4.68 Å². The fourth-order valence-electron chi connectivity index (χ4n) is 9.45. The molecule has 0 N–H and O–H groups in total. The third kappa shape index (κ3) is 3.37. The minimum atomic E-state index is -4.58. The van der Waals surface area contributed by atoms with E-state index in [0.29, 0.717) is 29.8 Å². The van der Waals surface area contributed by atoms with Gasteiger partial charge < -0.3 is 0 Å². The normalized spacial score (nSPS) is 19.8. The highest BCUT2D eigenvalue weighted by atomic mass is 19.4. The van der Waals surface area contributed by atoms with Crippen molar-refractivity contribution in [2.45, 2.75) is 95.9 Å². The first-order valence-electron chi connectivity index (χ1n) is 16.5. The highest BCUT2D eigenvalue weighted by Gasteiger charge is 2.72. The molecule has 1 atom stereocenters. The summed E-state index contributed by atoms with van der Waals surface area (Å²) >= 11 is 0. The molecule has 0 bridgehead atoms. The van der Waals surface area contributed by atoms with Crippen molar-refractivity contribution in [2.24, 2.45) is 0 Å². The number of pyridine rings is 2. The van der Waals surface area contributed by atoms with E-state index < -0.39 is 28.4 Å². The number of nitrogens with zero attached hydrogens (tertiary/aromatic N) is 4. The topological polar surface area (TPSA) is 25.6 Å². The Kier molecular flexibility index (Phi) is 6.05. The first-order valence-corrected chi connectivity index (χ1v) is 16.5. The third-order valence-electron chi connectivity index (χ3n) is 11.5. The molecule has 46 heavy (non-hydrogen) atoms. The Morgan fingerprint density at radius 1 is 0.913 bits per heavy atom. The van der Waals surface area contributed by atoms with Gasteiger partial charge in [-0.2, -0.15) is 27.4 Å². The van der Waals surface area contributed by atoms with Gasteiger partial charge in [0.2, 0.25) is 16.9 Å². The fourth-order valence-corrected chi connectivity index (χ4v) is 9.45. The summed E-state index contributed by atoms with van der Waals surface area (Å²) in [7, 11) is 0. The van der Waals surface area contributed by atoms with Crippen molar-refractivity contribution >= 4 is 10.8 Å². The molecule has 5 heterocycles. The summed E-state index contributed by atoms with van der Waals surface area (Å²) in [6.45, 7) is 10.9. The van der Waals surface area contributed by atoms with Crippen LogP contribution in [-0.4, -0.2) is 9.78 Å². The molecule has 1 unspecified atom stereocenters. The molecule has 2 aliphatic heterocycles. The first-order chi connectivity index (χ1) is 22.0. The number of rotatable bonds is 5. The van der Waals surface area contributed by atoms with Gasteiger partial charge in [-0.25, -0.2) is 4.39 Å². The lowest BCUT2D eigenvalue weighted by Gasteiger charge is -2.49. The van der Waals surface area contributed by atoms with Gasteiger partial charge in [0.25, 0.3) is 5.54 Å². The van der Waals surface area contributed by atoms with Crippen molar-refractivity contribution in [3.05, 3.63) is 101 Å². The van der Waals surface area contributed by atoms with E-state index >= 15 is 4.39 Å². The second-order valence-corrected chi connectivity index (χ2v) is 13.8. The van der Waals surface area contributed by atoms with Gasteiger partial charge in [0.1, 0.15) is 18.1 Å². The van der Waals surface area contributed by atoms with Crippen LogP contribution in [0.25, 0.3) is 33.4 Å². The Morgan fingerprint density at radius 3 is 2.39 bits per heavy atom. The predicted octanol–water partition coefficient (Wildman–Crippen LogP) is 8.37. The lowest BCUT2D eigenvalue weighted by molar-refractivity contribution is -0.869. The van der Waals surface area contributed by atoms with Crippen molar-refractivity contribution in [2.75, 3.05) is 0 Å². The van der Waals surface area contributed by atoms with Crippen LogP contribution in [0.3, 0.4) is 0 Å². The molecule has 1 spiro atoms. The standard InChI is InChI=1S/C38H38F4N4/c1-6-9-12-23-14-15-25-31-24(23)18-20-45-34(31)32-26(16-17-27(39)33(32)35(25,4)5)37(36(45,7-2)8-3)22-46-29(21-30(43-46)38(40,41)42)28-13-10-11-19-44(28)37/h10-11,13-21H,6-9,12,22H2,1-5H3/q+2. The van der Waals surface area contributed by atoms with E-state index in [1.165, 1.54) is 10.9 Å². The van der Waals surface area contributed by atoms with E-state index in [1.807, 2.05) is 30.5 Å². The Bertz CT molecular complexity index is 2090. The molecule has 0 amide bonds. The van der Waals surface area contributed by atoms with E-state index in [4.69, 9.17) is 0 Å². The average molecular weight is 627 g/mol. The highest BCUT2D eigenvalue weighted by molar-refractivity contribution is 6.02. The van der Waals surface area contributed by atoms with Crippen LogP contribution in [0, 0.1) is 5.82 Å². The lowest BCUT2D eigenvalue weighted by atomic mass is 9.59. The molecule has 4 nitrogen and oxygen atoms in total. The van der Waals surface area contributed by atoms with Crippen LogP contribution >= 0.6 is 0 Å². The van der Waals surface area contributed by atoms with Gasteiger partial charge in [0.05, 0.1) is 10.9 Å². The number of fused-ring (bicyclic) bond motifs is 5. The van der Waals surface area contributed by atoms with Crippen LogP contribution in [0.5, 0.6) is 0 Å². The van der Waals surface area contributed by atoms with E-state index in [2.05, 4.69) is 73.2 Å². The molecule has 1 aliphatic carbocycles. The molecular formula is C38H38F4N4+2. The maximum absolute atomic E-state index is 16.4. The number of benzene rings is 2. The fraction of sp³-hybridized carbons (Fsp3) is 0.395. The number of unbranched alkanes of at least 4 members (excludes halogenated alkanes) is 1. The number of hydrogen-bond acceptors (Lipinski definition) is 1. The summed E-state index contributed by atoms with van der Waals surface area (Å²) in [6, 6.07) is 17.0. The van der Waals surface area contributed by atoms with Crippen molar-refractivity contribution < 1.29 is 26.7 Å². The van der Waals surface area contributed by atoms with Crippen LogP contribution in [0.1, 0.15) is 88.2 Å². The lowest BCUT2D eigenvalue weighted by Crippen LogP contribution is -2.81. The van der Waals surface area contributed by atoms with Gasteiger partial charge in [0.15, 0.2) is 18.1 Å². The van der Waals surface area contributed by atoms with E-state index in [1.54, 1.807) is 10.7 Å². The highest BCUT2D eigenvalue weighted by Crippen LogP contribution is 2.58. The van der Waals surface area contributed by atoms with Crippen LogP contribution < -0.4 is 9.13 Å². The van der Waals surface area contributed by atoms with Crippen molar-refractivity contribution in [1.82, 2.24) is 9.78 Å². The average Bonchev–Trinajstić information content (AvgIpc) is 3.48. The van der Waals surface area contributed by atoms with Gasteiger partial charge in [-0.05, 0) is 47.6 Å². The van der Waals surface area contributed by atoms with Gasteiger partial charge in [0, 0.05) is 53.6 Å². The van der Waals surface area contributed by atoms with Gasteiger partial charge in [-0.1, -0.05) is 53.2 Å². The Labute approximate surface area is 266 Å². The van der Waals surface area contributed by atoms with Gasteiger partial charge in [-0.15, -0.1) is 0 Å². The van der Waals surface area contributed by atoms with Gasteiger partial charge >= 0.3 is 6.18 Å². The van der Waals surface area contributed by atoms with E-state index in [9.17, 15) is 13.2 Å². The molecule has 5 aromatic rings. The summed E-state index contributed by atoms with van der Waals surface area (Å²) in [5, 5.41) is 6.56. The summed E-state index contributed by atoms with van der Waals surface area (Å²) < 4.78 is 64.9. The summed E-state index contributed by atoms with van der Waals surface area (Å²) in [6.07, 6.45) is 4.09. The smallest absolute Gasteiger partial charge is 0.250 e. The third-order valence-corrected chi connectivity index (χ3v) is 11.5. The molecule has 3 aliphatic rings. The molecule has 0 radical (unpaired) electrons. The molecule has 0 saturated carbocycles. The monoisotopic (exact) mass is 626 g/mol. The molecule has 8 heteroatoms. The number of alkyl halides is 3. The molecule has 2 aromatic carbocycles. The summed E-state index contributed by atoms with van der Waals surface area (Å²) in [5.74, 6) is -0.267. The molecule has 236 valence electrons. The molecule has 0 saturated heterocycles. The van der Waals surface area contributed by atoms with Crippen molar-refractivity contribution in [3.63, 3.8) is 0 Å². The van der Waals surface area contributed by atoms with Crippen LogP contribution in [0.15, 0.2) is 67.0 Å². The number of halogens is 4. The van der Waals surface area contributed by atoms with Crippen LogP contribution in [0.2, 0.25) is 0 Å². The number of hydrogen-bond donors (Lipinski definition) is 0. The summed E-state index contributed by atoms with van der Waals surface area (Å²) in [5.41, 5.74) is 3.84. The second-order valence-electron chi connectivity index (χ2n) is 13.8. The molecule has 0 fully saturated rings. The number of aromatic nitrogens is 4. The van der Waals surface area contributed by atoms with Crippen molar-refractivity contribution in [1.29, 1.82) is 0 Å². The van der Waals surface area contributed by atoms with Crippen LogP contribution in [0.4, 0.5) is 17.6 Å². The Balaban J connectivity index is 1.56. The van der Waals surface area contributed by atoms with E-state index in [-0.39, 0.29) is 12.4 Å². The SMILES string of the molecule is CCCCc1ccc2c3c4[n+](ccc13)C(CC)(CC)C1(Cn3nc(C(F)(F)F)cc3-c3cccc[n+]31)c1ccc(F)c(c1-4)C2(C)C. The van der Waals surface area contributed by atoms with Crippen LogP contribution in [-0.2, 0) is 35.6 Å². The maximum atomic E-state index is 16.4. The largest absolute Gasteiger partial charge is 0.435 e. The zero-order valence-corrected chi connectivity index (χ0v) is 26.9. The Hall–Kier alpha value is -4.07. The summed E-state index contributed by atoms with van der Waals surface area (Å²) in [4.78, 5) is 0. The Morgan fingerprint density at radius 2 is 1.67 bits per heavy atom. The first kappa shape index (κ1) is 29.3. The second kappa shape index (κ2) is 9.49. The molecule has 3 aromatic heterocycles. The maximum Gasteiger partial charge on any atom is 0.435 e. The molecular weight excluding hydrogens is 588 g/mol. The zero-order valence-electron chi connectivity index (χ0n) is 26.9. The predicted molar refractivity (Wildman–Crippen MR) is 169 cm³/mol. The minimum absolute atomic E-state index is 0.175. The van der Waals surface area contributed by atoms with Crippen molar-refractivity contribution in [3.8, 4) is 22.6 Å². The number of aryl methyl sites for hydroxylation is 1.